The van der Waals surface area contributed by atoms with Crippen LogP contribution in [0.3, 0.4) is 0 Å². The van der Waals surface area contributed by atoms with E-state index in [-0.39, 0.29) is 5.82 Å². The molecule has 1 saturated heterocycles. The Morgan fingerprint density at radius 3 is 1.94 bits per heavy atom. The molecule has 2 heterocycles. The highest BCUT2D eigenvalue weighted by molar-refractivity contribution is 5.88. The Bertz CT molecular complexity index is 1290. The Morgan fingerprint density at radius 1 is 0.857 bits per heavy atom. The molecule has 4 aromatic rings. The third kappa shape index (κ3) is 5.48. The zero-order valence-corrected chi connectivity index (χ0v) is 19.9. The van der Waals surface area contributed by atoms with Crippen molar-refractivity contribution in [3.05, 3.63) is 101 Å². The van der Waals surface area contributed by atoms with Gasteiger partial charge in [-0.3, -0.25) is 9.69 Å². The van der Waals surface area contributed by atoms with E-state index < -0.39 is 5.91 Å². The van der Waals surface area contributed by atoms with E-state index in [1.807, 2.05) is 12.1 Å². The second kappa shape index (κ2) is 10.2. The average Bonchev–Trinajstić information content (AvgIpc) is 3.28. The molecule has 2 N–H and O–H groups in total. The molecule has 1 aromatic heterocycles. The molecule has 0 atom stereocenters. The molecule has 1 aliphatic rings. The minimum Gasteiger partial charge on any atom is -0.379 e. The van der Waals surface area contributed by atoms with E-state index in [0.717, 1.165) is 45.0 Å². The summed E-state index contributed by atoms with van der Waals surface area (Å²) < 4.78 is 7.07. The zero-order valence-electron chi connectivity index (χ0n) is 19.9. The number of amides is 1. The number of rotatable bonds is 7. The standard InChI is InChI=1S/C28H29N5O2/c1-20-30-28(27(29)34)31-33(20)26-12-6-22(7-13-26)18-21-2-8-24(9-3-21)25-10-4-23(5-11-25)19-32-14-16-35-17-15-32/h2-13H,14-19H2,1H3,(H2,29,34). The van der Waals surface area contributed by atoms with Gasteiger partial charge in [-0.2, -0.15) is 0 Å². The molecule has 0 aliphatic carbocycles. The first-order chi connectivity index (χ1) is 17.0. The number of primary amides is 1. The van der Waals surface area contributed by atoms with E-state index in [2.05, 4.69) is 75.6 Å². The van der Waals surface area contributed by atoms with Crippen molar-refractivity contribution in [2.45, 2.75) is 19.9 Å². The first-order valence-electron chi connectivity index (χ1n) is 11.9. The minimum atomic E-state index is -0.629. The topological polar surface area (TPSA) is 86.3 Å². The Labute approximate surface area is 205 Å². The van der Waals surface area contributed by atoms with Gasteiger partial charge in [0.2, 0.25) is 5.82 Å². The van der Waals surface area contributed by atoms with Crippen molar-refractivity contribution in [2.24, 2.45) is 5.73 Å². The molecule has 0 radical (unpaired) electrons. The number of benzene rings is 3. The highest BCUT2D eigenvalue weighted by atomic mass is 16.5. The van der Waals surface area contributed by atoms with Crippen molar-refractivity contribution >= 4 is 5.91 Å². The summed E-state index contributed by atoms with van der Waals surface area (Å²) in [7, 11) is 0. The lowest BCUT2D eigenvalue weighted by Gasteiger charge is -2.26. The van der Waals surface area contributed by atoms with Crippen LogP contribution in [0.4, 0.5) is 0 Å². The monoisotopic (exact) mass is 467 g/mol. The number of carbonyl (C=O) groups excluding carboxylic acids is 1. The largest absolute Gasteiger partial charge is 0.379 e. The summed E-state index contributed by atoms with van der Waals surface area (Å²) in [5, 5.41) is 4.19. The minimum absolute atomic E-state index is 0.0263. The summed E-state index contributed by atoms with van der Waals surface area (Å²) in [6.45, 7) is 6.43. The van der Waals surface area contributed by atoms with Gasteiger partial charge in [0, 0.05) is 19.6 Å². The molecule has 0 unspecified atom stereocenters. The summed E-state index contributed by atoms with van der Waals surface area (Å²) in [6.07, 6.45) is 0.835. The lowest BCUT2D eigenvalue weighted by molar-refractivity contribution is 0.0342. The van der Waals surface area contributed by atoms with Gasteiger partial charge in [0.05, 0.1) is 18.9 Å². The Kier molecular flexibility index (Phi) is 6.70. The first-order valence-corrected chi connectivity index (χ1v) is 11.9. The van der Waals surface area contributed by atoms with Gasteiger partial charge in [-0.25, -0.2) is 9.67 Å². The van der Waals surface area contributed by atoms with Gasteiger partial charge >= 0.3 is 0 Å². The van der Waals surface area contributed by atoms with E-state index in [0.29, 0.717) is 5.82 Å². The molecule has 1 amide bonds. The fraction of sp³-hybridized carbons (Fsp3) is 0.250. The molecule has 178 valence electrons. The summed E-state index contributed by atoms with van der Waals surface area (Å²) in [5.41, 5.74) is 12.4. The number of aromatic nitrogens is 3. The van der Waals surface area contributed by atoms with Gasteiger partial charge in [-0.15, -0.1) is 5.10 Å². The van der Waals surface area contributed by atoms with E-state index in [1.54, 1.807) is 11.6 Å². The third-order valence-electron chi connectivity index (χ3n) is 6.33. The van der Waals surface area contributed by atoms with Crippen LogP contribution in [0, 0.1) is 6.92 Å². The Hall–Kier alpha value is -3.81. The average molecular weight is 468 g/mol. The van der Waals surface area contributed by atoms with Crippen molar-refractivity contribution in [1.82, 2.24) is 19.7 Å². The van der Waals surface area contributed by atoms with E-state index >= 15 is 0 Å². The molecule has 1 fully saturated rings. The van der Waals surface area contributed by atoms with Crippen molar-refractivity contribution in [3.8, 4) is 16.8 Å². The second-order valence-corrected chi connectivity index (χ2v) is 8.88. The van der Waals surface area contributed by atoms with Gasteiger partial charge in [-0.1, -0.05) is 60.7 Å². The summed E-state index contributed by atoms with van der Waals surface area (Å²) in [6, 6.07) is 25.7. The van der Waals surface area contributed by atoms with Crippen LogP contribution < -0.4 is 5.73 Å². The lowest BCUT2D eigenvalue weighted by Crippen LogP contribution is -2.35. The molecule has 0 spiro atoms. The zero-order chi connectivity index (χ0) is 24.2. The summed E-state index contributed by atoms with van der Waals surface area (Å²) >= 11 is 0. The maximum Gasteiger partial charge on any atom is 0.288 e. The highest BCUT2D eigenvalue weighted by Crippen LogP contribution is 2.22. The maximum absolute atomic E-state index is 11.3. The molecule has 5 rings (SSSR count). The number of hydrogen-bond acceptors (Lipinski definition) is 5. The van der Waals surface area contributed by atoms with Crippen LogP contribution in [0.25, 0.3) is 16.8 Å². The molecule has 0 saturated carbocycles. The smallest absolute Gasteiger partial charge is 0.288 e. The molecule has 35 heavy (non-hydrogen) atoms. The maximum atomic E-state index is 11.3. The molecule has 3 aromatic carbocycles. The van der Waals surface area contributed by atoms with Crippen molar-refractivity contribution in [2.75, 3.05) is 26.3 Å². The molecular formula is C28H29N5O2. The van der Waals surface area contributed by atoms with Crippen LogP contribution in [0.2, 0.25) is 0 Å². The fourth-order valence-electron chi connectivity index (χ4n) is 4.36. The number of morpholine rings is 1. The van der Waals surface area contributed by atoms with Gasteiger partial charge in [0.25, 0.3) is 5.91 Å². The van der Waals surface area contributed by atoms with E-state index in [1.165, 1.54) is 27.8 Å². The Balaban J connectivity index is 1.22. The van der Waals surface area contributed by atoms with Crippen LogP contribution in [0.5, 0.6) is 0 Å². The summed E-state index contributed by atoms with van der Waals surface area (Å²) in [5.74, 6) is 0.0190. The molecular weight excluding hydrogens is 438 g/mol. The predicted molar refractivity (Wildman–Crippen MR) is 135 cm³/mol. The first kappa shape index (κ1) is 23.0. The van der Waals surface area contributed by atoms with Crippen LogP contribution in [0.1, 0.15) is 33.1 Å². The second-order valence-electron chi connectivity index (χ2n) is 8.88. The molecule has 0 bridgehead atoms. The molecule has 7 heteroatoms. The predicted octanol–water partition coefficient (Wildman–Crippen LogP) is 3.76. The van der Waals surface area contributed by atoms with Gasteiger partial charge < -0.3 is 10.5 Å². The quantitative estimate of drug-likeness (QED) is 0.447. The number of ether oxygens (including phenoxy) is 1. The van der Waals surface area contributed by atoms with Gasteiger partial charge in [0.15, 0.2) is 0 Å². The lowest BCUT2D eigenvalue weighted by atomic mass is 9.99. The van der Waals surface area contributed by atoms with Crippen LogP contribution in [-0.2, 0) is 17.7 Å². The molecule has 7 nitrogen and oxygen atoms in total. The number of carbonyl (C=O) groups is 1. The fourth-order valence-corrected chi connectivity index (χ4v) is 4.36. The van der Waals surface area contributed by atoms with Crippen LogP contribution in [-0.4, -0.2) is 51.9 Å². The number of nitrogens with two attached hydrogens (primary N) is 1. The number of aryl methyl sites for hydroxylation is 1. The van der Waals surface area contributed by atoms with E-state index in [4.69, 9.17) is 10.5 Å². The van der Waals surface area contributed by atoms with Gasteiger partial charge in [-0.05, 0) is 53.3 Å². The third-order valence-corrected chi connectivity index (χ3v) is 6.33. The van der Waals surface area contributed by atoms with Crippen molar-refractivity contribution in [1.29, 1.82) is 0 Å². The SMILES string of the molecule is Cc1nc(C(N)=O)nn1-c1ccc(Cc2ccc(-c3ccc(CN4CCOCC4)cc3)cc2)cc1. The van der Waals surface area contributed by atoms with Crippen molar-refractivity contribution < 1.29 is 9.53 Å². The number of hydrogen-bond donors (Lipinski definition) is 1. The summed E-state index contributed by atoms with van der Waals surface area (Å²) in [4.78, 5) is 17.9. The van der Waals surface area contributed by atoms with Gasteiger partial charge in [0.1, 0.15) is 5.82 Å². The highest BCUT2D eigenvalue weighted by Gasteiger charge is 2.13. The Morgan fingerprint density at radius 2 is 1.40 bits per heavy atom. The van der Waals surface area contributed by atoms with E-state index in [9.17, 15) is 4.79 Å². The van der Waals surface area contributed by atoms with Crippen LogP contribution >= 0.6 is 0 Å². The van der Waals surface area contributed by atoms with Crippen molar-refractivity contribution in [3.63, 3.8) is 0 Å². The normalized spacial score (nSPS) is 14.2. The molecule has 1 aliphatic heterocycles. The van der Waals surface area contributed by atoms with Crippen LogP contribution in [0.15, 0.2) is 72.8 Å². The number of nitrogens with zero attached hydrogens (tertiary/aromatic N) is 4.